The van der Waals surface area contributed by atoms with Crippen molar-refractivity contribution in [2.45, 2.75) is 33.1 Å². The Bertz CT molecular complexity index is 624. The highest BCUT2D eigenvalue weighted by molar-refractivity contribution is 5.80. The Hall–Kier alpha value is -2.42. The molecule has 1 rings (SSSR count). The zero-order valence-corrected chi connectivity index (χ0v) is 13.3. The summed E-state index contributed by atoms with van der Waals surface area (Å²) in [7, 11) is 0. The summed E-state index contributed by atoms with van der Waals surface area (Å²) in [6.07, 6.45) is 7.42. The van der Waals surface area contributed by atoms with Crippen molar-refractivity contribution in [3.63, 3.8) is 0 Å². The van der Waals surface area contributed by atoms with E-state index in [1.54, 1.807) is 18.2 Å². The van der Waals surface area contributed by atoms with Crippen LogP contribution in [0.5, 0.6) is 5.75 Å². The summed E-state index contributed by atoms with van der Waals surface area (Å²) in [5, 5.41) is 13.3. The van der Waals surface area contributed by atoms with Gasteiger partial charge in [-0.2, -0.15) is 0 Å². The molecule has 22 heavy (non-hydrogen) atoms. The monoisotopic (exact) mass is 297 g/mol. The first kappa shape index (κ1) is 17.6. The summed E-state index contributed by atoms with van der Waals surface area (Å²) in [5.74, 6) is 0.139. The van der Waals surface area contributed by atoms with Crippen molar-refractivity contribution in [1.29, 1.82) is 0 Å². The van der Waals surface area contributed by atoms with Gasteiger partial charge in [-0.15, -0.1) is 18.1 Å². The van der Waals surface area contributed by atoms with E-state index in [0.717, 1.165) is 11.1 Å². The third kappa shape index (κ3) is 4.55. The molecule has 0 aliphatic rings. The van der Waals surface area contributed by atoms with E-state index in [-0.39, 0.29) is 5.75 Å². The van der Waals surface area contributed by atoms with Gasteiger partial charge in [0.2, 0.25) is 0 Å². The van der Waals surface area contributed by atoms with Gasteiger partial charge < -0.3 is 5.11 Å². The molecular formula is C19H23NO2. The number of aromatic hydroxyl groups is 1. The maximum absolute atomic E-state index is 11.2. The zero-order valence-electron chi connectivity index (χ0n) is 13.3. The minimum Gasteiger partial charge on any atom is -0.507 e. The van der Waals surface area contributed by atoms with Gasteiger partial charge in [-0.1, -0.05) is 36.8 Å². The molecule has 0 heterocycles. The van der Waals surface area contributed by atoms with E-state index in [1.165, 1.54) is 0 Å². The predicted octanol–water partition coefficient (Wildman–Crippen LogP) is 5.53. The van der Waals surface area contributed by atoms with Crippen molar-refractivity contribution in [2.24, 2.45) is 5.18 Å². The van der Waals surface area contributed by atoms with Gasteiger partial charge in [-0.05, 0) is 49.1 Å². The number of allylic oxidation sites excluding steroid dienone is 6. The molecule has 3 nitrogen and oxygen atoms in total. The van der Waals surface area contributed by atoms with Gasteiger partial charge in [-0.3, -0.25) is 0 Å². The minimum atomic E-state index is 0.139. The molecule has 0 fully saturated rings. The van der Waals surface area contributed by atoms with Gasteiger partial charge in [0.05, 0.1) is 5.70 Å². The Morgan fingerprint density at radius 3 is 2.59 bits per heavy atom. The molecule has 3 heteroatoms. The standard InChI is InChI=1S/C19H23NO2/c1-5-8-14(4)12-16(18(7-3)20-22)17-13-15(9-6-2)10-11-19(17)21/h5-6,10-13,21H,1-2,7-9H2,3-4H3/b14-12+,18-16-. The van der Waals surface area contributed by atoms with Gasteiger partial charge >= 0.3 is 0 Å². The Morgan fingerprint density at radius 1 is 1.32 bits per heavy atom. The third-order valence-corrected chi connectivity index (χ3v) is 3.34. The fraction of sp³-hybridized carbons (Fsp3) is 0.263. The second-order valence-electron chi connectivity index (χ2n) is 5.13. The van der Waals surface area contributed by atoms with Gasteiger partial charge in [0.15, 0.2) is 0 Å². The molecule has 116 valence electrons. The zero-order chi connectivity index (χ0) is 16.5. The molecule has 0 atom stereocenters. The van der Waals surface area contributed by atoms with Crippen LogP contribution in [0, 0.1) is 4.91 Å². The lowest BCUT2D eigenvalue weighted by Crippen LogP contribution is -1.92. The van der Waals surface area contributed by atoms with Crippen molar-refractivity contribution >= 4 is 5.57 Å². The number of hydrogen-bond acceptors (Lipinski definition) is 3. The van der Waals surface area contributed by atoms with Crippen LogP contribution in [0.3, 0.4) is 0 Å². The molecule has 0 saturated heterocycles. The summed E-state index contributed by atoms with van der Waals surface area (Å²) >= 11 is 0. The molecule has 0 saturated carbocycles. The summed E-state index contributed by atoms with van der Waals surface area (Å²) in [6.45, 7) is 11.3. The Balaban J connectivity index is 3.51. The predicted molar refractivity (Wildman–Crippen MR) is 93.6 cm³/mol. The van der Waals surface area contributed by atoms with E-state index >= 15 is 0 Å². The van der Waals surface area contributed by atoms with Crippen molar-refractivity contribution in [3.05, 3.63) is 76.9 Å². The maximum Gasteiger partial charge on any atom is 0.123 e. The second-order valence-corrected chi connectivity index (χ2v) is 5.13. The van der Waals surface area contributed by atoms with E-state index in [9.17, 15) is 10.0 Å². The first-order valence-electron chi connectivity index (χ1n) is 7.35. The largest absolute Gasteiger partial charge is 0.507 e. The lowest BCUT2D eigenvalue weighted by Gasteiger charge is -2.11. The molecule has 1 N–H and O–H groups in total. The van der Waals surface area contributed by atoms with E-state index in [1.807, 2.05) is 32.1 Å². The summed E-state index contributed by atoms with van der Waals surface area (Å²) in [5.41, 5.74) is 3.79. The number of benzene rings is 1. The first-order chi connectivity index (χ1) is 10.6. The Kier molecular flexibility index (Phi) is 7.03. The quantitative estimate of drug-likeness (QED) is 0.389. The summed E-state index contributed by atoms with van der Waals surface area (Å²) < 4.78 is 0. The van der Waals surface area contributed by atoms with Crippen LogP contribution < -0.4 is 0 Å². The highest BCUT2D eigenvalue weighted by Crippen LogP contribution is 2.32. The summed E-state index contributed by atoms with van der Waals surface area (Å²) in [4.78, 5) is 11.2. The van der Waals surface area contributed by atoms with Crippen molar-refractivity contribution in [1.82, 2.24) is 0 Å². The van der Waals surface area contributed by atoms with Crippen LogP contribution in [0.2, 0.25) is 0 Å². The average molecular weight is 297 g/mol. The second kappa shape index (κ2) is 8.78. The number of rotatable bonds is 8. The van der Waals surface area contributed by atoms with E-state index < -0.39 is 0 Å². The maximum atomic E-state index is 11.2. The fourth-order valence-electron chi connectivity index (χ4n) is 2.25. The van der Waals surface area contributed by atoms with Crippen LogP contribution in [-0.4, -0.2) is 5.11 Å². The van der Waals surface area contributed by atoms with Crippen molar-refractivity contribution < 1.29 is 5.11 Å². The van der Waals surface area contributed by atoms with Crippen LogP contribution in [0.15, 0.2) is 66.0 Å². The third-order valence-electron chi connectivity index (χ3n) is 3.34. The van der Waals surface area contributed by atoms with Gasteiger partial charge in [0.25, 0.3) is 0 Å². The molecule has 1 aromatic rings. The number of phenols is 1. The van der Waals surface area contributed by atoms with E-state index in [2.05, 4.69) is 18.3 Å². The van der Waals surface area contributed by atoms with Gasteiger partial charge in [0.1, 0.15) is 5.75 Å². The van der Waals surface area contributed by atoms with E-state index in [0.29, 0.717) is 36.1 Å². The van der Waals surface area contributed by atoms with Crippen LogP contribution in [0.1, 0.15) is 37.8 Å². The van der Waals surface area contributed by atoms with Crippen LogP contribution in [-0.2, 0) is 6.42 Å². The van der Waals surface area contributed by atoms with Crippen molar-refractivity contribution in [2.75, 3.05) is 0 Å². The molecule has 0 bridgehead atoms. The topological polar surface area (TPSA) is 49.7 Å². The lowest BCUT2D eigenvalue weighted by molar-refractivity contribution is 0.473. The number of nitroso groups, excluding NO2 is 1. The molecular weight excluding hydrogens is 274 g/mol. The molecule has 0 spiro atoms. The minimum absolute atomic E-state index is 0.139. The van der Waals surface area contributed by atoms with Gasteiger partial charge in [-0.25, -0.2) is 0 Å². The lowest BCUT2D eigenvalue weighted by atomic mass is 9.96. The average Bonchev–Trinajstić information content (AvgIpc) is 2.50. The normalized spacial score (nSPS) is 12.5. The smallest absolute Gasteiger partial charge is 0.123 e. The van der Waals surface area contributed by atoms with E-state index in [4.69, 9.17) is 0 Å². The molecule has 0 aromatic heterocycles. The molecule has 1 aromatic carbocycles. The first-order valence-corrected chi connectivity index (χ1v) is 7.35. The van der Waals surface area contributed by atoms with Gasteiger partial charge in [0, 0.05) is 11.1 Å². The number of phenolic OH excluding ortho intramolecular Hbond substituents is 1. The van der Waals surface area contributed by atoms with Crippen molar-refractivity contribution in [3.8, 4) is 5.75 Å². The summed E-state index contributed by atoms with van der Waals surface area (Å²) in [6, 6.07) is 5.37. The molecule has 0 aliphatic carbocycles. The molecule has 0 radical (unpaired) electrons. The highest BCUT2D eigenvalue weighted by Gasteiger charge is 2.12. The SMILES string of the molecule is C=CC/C(C)=C/C(=C(\CC)N=O)c1cc(CC=C)ccc1O. The molecule has 0 amide bonds. The number of hydrogen-bond donors (Lipinski definition) is 1. The van der Waals surface area contributed by atoms with Crippen LogP contribution in [0.25, 0.3) is 5.57 Å². The van der Waals surface area contributed by atoms with Crippen LogP contribution >= 0.6 is 0 Å². The Labute approximate surface area is 132 Å². The fourth-order valence-corrected chi connectivity index (χ4v) is 2.25. The van der Waals surface area contributed by atoms with Crippen LogP contribution in [0.4, 0.5) is 0 Å². The Morgan fingerprint density at radius 2 is 2.05 bits per heavy atom. The number of nitrogens with zero attached hydrogens (tertiary/aromatic N) is 1. The molecule has 0 aliphatic heterocycles. The highest BCUT2D eigenvalue weighted by atomic mass is 16.3. The molecule has 0 unspecified atom stereocenters.